The van der Waals surface area contributed by atoms with Gasteiger partial charge in [0.25, 0.3) is 5.91 Å². The first kappa shape index (κ1) is 19.8. The Bertz CT molecular complexity index is 1180. The number of thiazole rings is 1. The van der Waals surface area contributed by atoms with Crippen LogP contribution in [0.1, 0.15) is 16.1 Å². The lowest BCUT2D eigenvalue weighted by Gasteiger charge is -2.31. The number of hydrogen-bond acceptors (Lipinski definition) is 6. The van der Waals surface area contributed by atoms with Gasteiger partial charge in [-0.05, 0) is 35.9 Å². The van der Waals surface area contributed by atoms with Crippen molar-refractivity contribution in [3.63, 3.8) is 0 Å². The van der Waals surface area contributed by atoms with Crippen molar-refractivity contribution in [2.75, 3.05) is 38.3 Å². The molecule has 0 unspecified atom stereocenters. The van der Waals surface area contributed by atoms with Gasteiger partial charge in [-0.25, -0.2) is 4.98 Å². The smallest absolute Gasteiger partial charge is 0.289 e. The molecule has 6 nitrogen and oxygen atoms in total. The van der Waals surface area contributed by atoms with E-state index in [2.05, 4.69) is 22.0 Å². The minimum Gasteiger partial charge on any atom is -0.448 e. The molecule has 4 aromatic rings. The van der Waals surface area contributed by atoms with Crippen molar-refractivity contribution in [1.82, 2.24) is 9.88 Å². The Morgan fingerprint density at radius 2 is 1.84 bits per heavy atom. The molecule has 3 heterocycles. The minimum absolute atomic E-state index is 0.149. The van der Waals surface area contributed by atoms with Gasteiger partial charge in [0.15, 0.2) is 16.5 Å². The third-order valence-electron chi connectivity index (χ3n) is 5.42. The van der Waals surface area contributed by atoms with Crippen molar-refractivity contribution in [2.45, 2.75) is 6.54 Å². The van der Waals surface area contributed by atoms with E-state index in [4.69, 9.17) is 9.15 Å². The van der Waals surface area contributed by atoms with Gasteiger partial charge in [0.1, 0.15) is 0 Å². The number of hydrogen-bond donors (Lipinski definition) is 0. The largest absolute Gasteiger partial charge is 0.448 e. The first-order valence-electron chi connectivity index (χ1n) is 10.3. The number of carbonyl (C=O) groups is 1. The van der Waals surface area contributed by atoms with Crippen LogP contribution in [0, 0.1) is 0 Å². The number of aromatic nitrogens is 1. The molecule has 2 aromatic carbocycles. The average Bonchev–Trinajstić information content (AvgIpc) is 3.47. The zero-order valence-electron chi connectivity index (χ0n) is 17.3. The number of carbonyl (C=O) groups excluding carboxylic acids is 1. The first-order chi connectivity index (χ1) is 15.2. The van der Waals surface area contributed by atoms with E-state index in [0.717, 1.165) is 52.8 Å². The SMILES string of the molecule is CN(Cc1ccccc1N1CCOCC1)C(=O)c1ccc(-c2nc3ccccc3s2)o1. The van der Waals surface area contributed by atoms with Gasteiger partial charge < -0.3 is 19.0 Å². The fourth-order valence-corrected chi connectivity index (χ4v) is 4.75. The van der Waals surface area contributed by atoms with Gasteiger partial charge in [-0.2, -0.15) is 0 Å². The number of ether oxygens (including phenoxy) is 1. The molecular formula is C24H23N3O3S. The van der Waals surface area contributed by atoms with Crippen LogP contribution in [-0.4, -0.2) is 49.1 Å². The lowest BCUT2D eigenvalue weighted by molar-refractivity contribution is 0.0754. The van der Waals surface area contributed by atoms with Gasteiger partial charge in [0.2, 0.25) is 0 Å². The molecule has 0 spiro atoms. The Morgan fingerprint density at radius 3 is 2.68 bits per heavy atom. The van der Waals surface area contributed by atoms with Gasteiger partial charge in [0.05, 0.1) is 23.4 Å². The zero-order valence-corrected chi connectivity index (χ0v) is 18.1. The number of nitrogens with zero attached hydrogens (tertiary/aromatic N) is 3. The summed E-state index contributed by atoms with van der Waals surface area (Å²) in [6, 6.07) is 19.7. The highest BCUT2D eigenvalue weighted by atomic mass is 32.1. The number of fused-ring (bicyclic) bond motifs is 1. The van der Waals surface area contributed by atoms with E-state index in [1.807, 2.05) is 42.5 Å². The summed E-state index contributed by atoms with van der Waals surface area (Å²) in [6.07, 6.45) is 0. The topological polar surface area (TPSA) is 58.8 Å². The highest BCUT2D eigenvalue weighted by molar-refractivity contribution is 7.21. The molecule has 5 rings (SSSR count). The number of furan rings is 1. The maximum atomic E-state index is 13.0. The van der Waals surface area contributed by atoms with Crippen LogP contribution in [-0.2, 0) is 11.3 Å². The maximum Gasteiger partial charge on any atom is 0.289 e. The molecule has 0 aliphatic carbocycles. The minimum atomic E-state index is -0.149. The Hall–Kier alpha value is -3.16. The molecule has 1 fully saturated rings. The Morgan fingerprint density at radius 1 is 1.06 bits per heavy atom. The van der Waals surface area contributed by atoms with Crippen molar-refractivity contribution in [3.05, 3.63) is 72.0 Å². The normalized spacial score (nSPS) is 14.2. The molecule has 1 aliphatic rings. The van der Waals surface area contributed by atoms with Crippen LogP contribution in [0.2, 0.25) is 0 Å². The Kier molecular flexibility index (Phi) is 5.44. The van der Waals surface area contributed by atoms with Crippen molar-refractivity contribution >= 4 is 33.1 Å². The van der Waals surface area contributed by atoms with Crippen molar-refractivity contribution in [1.29, 1.82) is 0 Å². The van der Waals surface area contributed by atoms with Crippen molar-refractivity contribution in [2.24, 2.45) is 0 Å². The average molecular weight is 434 g/mol. The predicted molar refractivity (Wildman–Crippen MR) is 123 cm³/mol. The maximum absolute atomic E-state index is 13.0. The number of para-hydroxylation sites is 2. The van der Waals surface area contributed by atoms with E-state index < -0.39 is 0 Å². The summed E-state index contributed by atoms with van der Waals surface area (Å²) in [6.45, 7) is 3.67. The molecule has 1 saturated heterocycles. The third kappa shape index (κ3) is 4.06. The second-order valence-corrected chi connectivity index (χ2v) is 8.57. The van der Waals surface area contributed by atoms with Crippen LogP contribution < -0.4 is 4.90 Å². The highest BCUT2D eigenvalue weighted by Crippen LogP contribution is 2.31. The molecule has 0 bridgehead atoms. The molecule has 2 aromatic heterocycles. The van der Waals surface area contributed by atoms with E-state index in [1.54, 1.807) is 29.4 Å². The molecule has 0 radical (unpaired) electrons. The molecule has 31 heavy (non-hydrogen) atoms. The van der Waals surface area contributed by atoms with Crippen LogP contribution in [0.3, 0.4) is 0 Å². The van der Waals surface area contributed by atoms with Gasteiger partial charge in [-0.1, -0.05) is 30.3 Å². The van der Waals surface area contributed by atoms with Crippen molar-refractivity contribution in [3.8, 4) is 10.8 Å². The quantitative estimate of drug-likeness (QED) is 0.458. The zero-order chi connectivity index (χ0) is 21.2. The van der Waals surface area contributed by atoms with E-state index >= 15 is 0 Å². The molecule has 0 saturated carbocycles. The predicted octanol–water partition coefficient (Wildman–Crippen LogP) is 4.67. The summed E-state index contributed by atoms with van der Waals surface area (Å²) in [4.78, 5) is 21.7. The van der Waals surface area contributed by atoms with Crippen LogP contribution >= 0.6 is 11.3 Å². The fraction of sp³-hybridized carbons (Fsp3) is 0.250. The van der Waals surface area contributed by atoms with Gasteiger partial charge in [-0.15, -0.1) is 11.3 Å². The van der Waals surface area contributed by atoms with E-state index in [1.165, 1.54) is 0 Å². The second kappa shape index (κ2) is 8.53. The van der Waals surface area contributed by atoms with Gasteiger partial charge >= 0.3 is 0 Å². The molecule has 7 heteroatoms. The van der Waals surface area contributed by atoms with E-state index in [-0.39, 0.29) is 5.91 Å². The summed E-state index contributed by atoms with van der Waals surface area (Å²) in [7, 11) is 1.80. The van der Waals surface area contributed by atoms with E-state index in [9.17, 15) is 4.79 Å². The number of anilines is 1. The lowest BCUT2D eigenvalue weighted by atomic mass is 10.1. The van der Waals surface area contributed by atoms with Crippen LogP contribution in [0.15, 0.2) is 65.1 Å². The summed E-state index contributed by atoms with van der Waals surface area (Å²) < 4.78 is 12.5. The standard InChI is InChI=1S/C24H23N3O3S/c1-26(16-17-6-2-4-8-19(17)27-12-14-29-15-13-27)24(28)21-11-10-20(30-21)23-25-18-7-3-5-9-22(18)31-23/h2-11H,12-16H2,1H3. The monoisotopic (exact) mass is 433 g/mol. The summed E-state index contributed by atoms with van der Waals surface area (Å²) in [5, 5.41) is 0.778. The highest BCUT2D eigenvalue weighted by Gasteiger charge is 2.21. The Labute approximate surface area is 184 Å². The molecule has 1 aliphatic heterocycles. The fourth-order valence-electron chi connectivity index (χ4n) is 3.82. The van der Waals surface area contributed by atoms with Crippen LogP contribution in [0.5, 0.6) is 0 Å². The summed E-state index contributed by atoms with van der Waals surface area (Å²) in [5.74, 6) is 0.788. The van der Waals surface area contributed by atoms with E-state index in [0.29, 0.717) is 18.1 Å². The lowest BCUT2D eigenvalue weighted by Crippen LogP contribution is -2.37. The number of benzene rings is 2. The van der Waals surface area contributed by atoms with Gasteiger partial charge in [0, 0.05) is 32.4 Å². The van der Waals surface area contributed by atoms with Crippen molar-refractivity contribution < 1.29 is 13.9 Å². The number of morpholine rings is 1. The molecule has 158 valence electrons. The Balaban J connectivity index is 1.33. The number of rotatable bonds is 5. The first-order valence-corrected chi connectivity index (χ1v) is 11.1. The summed E-state index contributed by atoms with van der Waals surface area (Å²) in [5.41, 5.74) is 3.20. The molecular weight excluding hydrogens is 410 g/mol. The second-order valence-electron chi connectivity index (χ2n) is 7.54. The third-order valence-corrected chi connectivity index (χ3v) is 6.47. The summed E-state index contributed by atoms with van der Waals surface area (Å²) >= 11 is 1.56. The number of amides is 1. The molecule has 0 atom stereocenters. The van der Waals surface area contributed by atoms with Crippen LogP contribution in [0.4, 0.5) is 5.69 Å². The molecule has 0 N–H and O–H groups in total. The van der Waals surface area contributed by atoms with Crippen LogP contribution in [0.25, 0.3) is 21.0 Å². The molecule has 1 amide bonds. The van der Waals surface area contributed by atoms with Gasteiger partial charge in [-0.3, -0.25) is 4.79 Å².